The van der Waals surface area contributed by atoms with Crippen molar-refractivity contribution in [2.75, 3.05) is 0 Å². The summed E-state index contributed by atoms with van der Waals surface area (Å²) in [5.74, 6) is 0.351. The minimum absolute atomic E-state index is 0.0221. The van der Waals surface area contributed by atoms with Crippen LogP contribution in [0.25, 0.3) is 0 Å². The Balaban J connectivity index is 1.20. The lowest BCUT2D eigenvalue weighted by atomic mass is 9.48. The van der Waals surface area contributed by atoms with Crippen LogP contribution in [0.2, 0.25) is 0 Å². The molecule has 6 heteroatoms. The Morgan fingerprint density at radius 2 is 1.97 bits per heavy atom. The SMILES string of the molecule is C[C@@H](c1ccc2c(c1)CCC1[C@H]2C2OC2C2(O)CC=CC(=O)[C@]12C)C1C[C@@]2(C)O[C@@]2(C)[C@@H](O)O1. The Kier molecular flexibility index (Phi) is 4.08. The molecule has 2 N–H and O–H groups in total. The van der Waals surface area contributed by atoms with E-state index in [-0.39, 0.29) is 47.4 Å². The van der Waals surface area contributed by atoms with E-state index in [1.54, 1.807) is 6.08 Å². The molecule has 0 radical (unpaired) electrons. The van der Waals surface area contributed by atoms with Crippen LogP contribution in [0.3, 0.4) is 0 Å². The minimum atomic E-state index is -1.11. The molecule has 182 valence electrons. The van der Waals surface area contributed by atoms with E-state index in [4.69, 9.17) is 14.2 Å². The van der Waals surface area contributed by atoms with Crippen LogP contribution >= 0.6 is 0 Å². The first-order valence-electron chi connectivity index (χ1n) is 12.8. The summed E-state index contributed by atoms with van der Waals surface area (Å²) in [6, 6.07) is 6.68. The first-order chi connectivity index (χ1) is 16.0. The molecule has 3 saturated heterocycles. The maximum absolute atomic E-state index is 13.2. The van der Waals surface area contributed by atoms with Crippen molar-refractivity contribution in [3.05, 3.63) is 47.0 Å². The lowest BCUT2D eigenvalue weighted by Gasteiger charge is -2.55. The second-order valence-electron chi connectivity index (χ2n) is 12.2. The zero-order chi connectivity index (χ0) is 23.8. The molecule has 0 aromatic heterocycles. The fourth-order valence-electron chi connectivity index (χ4n) is 8.09. The van der Waals surface area contributed by atoms with Gasteiger partial charge >= 0.3 is 0 Å². The number of rotatable bonds is 2. The highest BCUT2D eigenvalue weighted by atomic mass is 16.7. The molecule has 1 aromatic carbocycles. The van der Waals surface area contributed by atoms with Crippen molar-refractivity contribution in [2.24, 2.45) is 11.3 Å². The van der Waals surface area contributed by atoms with Crippen LogP contribution in [0.15, 0.2) is 30.4 Å². The quantitative estimate of drug-likeness (QED) is 0.651. The van der Waals surface area contributed by atoms with Crippen molar-refractivity contribution in [3.63, 3.8) is 0 Å². The van der Waals surface area contributed by atoms with Gasteiger partial charge in [-0.3, -0.25) is 4.79 Å². The van der Waals surface area contributed by atoms with Crippen LogP contribution in [0, 0.1) is 11.3 Å². The van der Waals surface area contributed by atoms with Crippen molar-refractivity contribution in [1.29, 1.82) is 0 Å². The van der Waals surface area contributed by atoms with Crippen molar-refractivity contribution in [1.82, 2.24) is 0 Å². The maximum atomic E-state index is 13.2. The minimum Gasteiger partial charge on any atom is -0.386 e. The summed E-state index contributed by atoms with van der Waals surface area (Å²) in [5, 5.41) is 22.1. The molecule has 0 bridgehead atoms. The number of carbonyl (C=O) groups is 1. The predicted molar refractivity (Wildman–Crippen MR) is 123 cm³/mol. The molecule has 3 aliphatic carbocycles. The second kappa shape index (κ2) is 6.40. The number of hydrogen-bond donors (Lipinski definition) is 2. The average Bonchev–Trinajstić information content (AvgIpc) is 3.70. The Labute approximate surface area is 200 Å². The van der Waals surface area contributed by atoms with E-state index in [2.05, 4.69) is 32.0 Å². The molecule has 7 rings (SSSR count). The summed E-state index contributed by atoms with van der Waals surface area (Å²) < 4.78 is 18.0. The molecular weight excluding hydrogens is 432 g/mol. The lowest BCUT2D eigenvalue weighted by molar-refractivity contribution is -0.187. The predicted octanol–water partition coefficient (Wildman–Crippen LogP) is 3.14. The largest absolute Gasteiger partial charge is 0.386 e. The number of allylic oxidation sites excluding steroid dienone is 1. The third-order valence-corrected chi connectivity index (χ3v) is 10.8. The van der Waals surface area contributed by atoms with Crippen molar-refractivity contribution in [3.8, 4) is 0 Å². The molecule has 3 heterocycles. The highest BCUT2D eigenvalue weighted by molar-refractivity contribution is 5.97. The van der Waals surface area contributed by atoms with Gasteiger partial charge in [0.25, 0.3) is 0 Å². The number of aliphatic hydroxyl groups is 2. The molecule has 4 fully saturated rings. The van der Waals surface area contributed by atoms with Gasteiger partial charge in [-0.15, -0.1) is 0 Å². The fourth-order valence-corrected chi connectivity index (χ4v) is 8.09. The van der Waals surface area contributed by atoms with Gasteiger partial charge in [-0.05, 0) is 68.7 Å². The summed E-state index contributed by atoms with van der Waals surface area (Å²) in [7, 11) is 0. The number of benzene rings is 1. The van der Waals surface area contributed by atoms with Crippen LogP contribution < -0.4 is 0 Å². The van der Waals surface area contributed by atoms with Gasteiger partial charge in [0, 0.05) is 18.3 Å². The third-order valence-electron chi connectivity index (χ3n) is 10.8. The first kappa shape index (κ1) is 21.7. The number of aryl methyl sites for hydroxylation is 1. The van der Waals surface area contributed by atoms with E-state index < -0.39 is 22.9 Å². The van der Waals surface area contributed by atoms with E-state index in [9.17, 15) is 15.0 Å². The number of aliphatic hydroxyl groups excluding tert-OH is 1. The highest BCUT2D eigenvalue weighted by Crippen LogP contribution is 2.66. The topological polar surface area (TPSA) is 91.8 Å². The molecule has 5 unspecified atom stereocenters. The van der Waals surface area contributed by atoms with Gasteiger partial charge in [0.1, 0.15) is 22.9 Å². The summed E-state index contributed by atoms with van der Waals surface area (Å²) in [6.07, 6.45) is 5.14. The van der Waals surface area contributed by atoms with E-state index in [0.717, 1.165) is 19.3 Å². The summed E-state index contributed by atoms with van der Waals surface area (Å²) >= 11 is 0. The Morgan fingerprint density at radius 3 is 2.74 bits per heavy atom. The standard InChI is InChI=1S/C28H34O6/c1-14(19-13-25(2)27(4,34-25)24(30)32-19)15-7-9-17-16(12-15)8-10-18-21(17)22-23(33-22)28(31)11-5-6-20(29)26(18,28)3/h5-7,9,12,14,18-19,21-24,30-31H,8,10-11,13H2,1-4H3/t14-,18?,19?,21-,22?,23?,24-,25+,26-,27-,28?/m0/s1. The van der Waals surface area contributed by atoms with Crippen LogP contribution in [-0.4, -0.2) is 57.4 Å². The van der Waals surface area contributed by atoms with Crippen molar-refractivity contribution in [2.45, 2.75) is 107 Å². The van der Waals surface area contributed by atoms with Crippen LogP contribution in [0.1, 0.15) is 75.5 Å². The summed E-state index contributed by atoms with van der Waals surface area (Å²) in [5.41, 5.74) is 0.920. The number of epoxide rings is 2. The fraction of sp³-hybridized carbons (Fsp3) is 0.679. The van der Waals surface area contributed by atoms with Gasteiger partial charge < -0.3 is 24.4 Å². The van der Waals surface area contributed by atoms with Crippen molar-refractivity contribution >= 4 is 5.78 Å². The molecular formula is C28H34O6. The van der Waals surface area contributed by atoms with Gasteiger partial charge in [0.2, 0.25) is 0 Å². The number of ketones is 1. The smallest absolute Gasteiger partial charge is 0.186 e. The zero-order valence-electron chi connectivity index (χ0n) is 20.3. The molecule has 6 aliphatic rings. The number of fused-ring (bicyclic) bond motifs is 9. The van der Waals surface area contributed by atoms with Gasteiger partial charge in [-0.25, -0.2) is 0 Å². The molecule has 6 nitrogen and oxygen atoms in total. The Bertz CT molecular complexity index is 1130. The molecule has 1 aromatic rings. The van der Waals surface area contributed by atoms with Gasteiger partial charge in [-0.2, -0.15) is 0 Å². The maximum Gasteiger partial charge on any atom is 0.186 e. The molecule has 34 heavy (non-hydrogen) atoms. The van der Waals surface area contributed by atoms with E-state index in [1.807, 2.05) is 19.9 Å². The van der Waals surface area contributed by atoms with Crippen LogP contribution in [0.4, 0.5) is 0 Å². The zero-order valence-corrected chi connectivity index (χ0v) is 20.3. The lowest BCUT2D eigenvalue weighted by Crippen LogP contribution is -2.65. The number of ether oxygens (including phenoxy) is 3. The molecule has 0 amide bonds. The van der Waals surface area contributed by atoms with Gasteiger partial charge in [0.15, 0.2) is 12.1 Å². The Hall–Kier alpha value is -1.57. The number of hydrogen-bond acceptors (Lipinski definition) is 6. The van der Waals surface area contributed by atoms with Crippen molar-refractivity contribution < 1.29 is 29.2 Å². The third kappa shape index (κ3) is 2.42. The van der Waals surface area contributed by atoms with Crippen LogP contribution in [-0.2, 0) is 25.4 Å². The molecule has 3 aliphatic heterocycles. The highest BCUT2D eigenvalue weighted by Gasteiger charge is 2.75. The monoisotopic (exact) mass is 466 g/mol. The average molecular weight is 467 g/mol. The molecule has 11 atom stereocenters. The van der Waals surface area contributed by atoms with E-state index >= 15 is 0 Å². The van der Waals surface area contributed by atoms with Gasteiger partial charge in [0.05, 0.1) is 17.6 Å². The van der Waals surface area contributed by atoms with E-state index in [1.165, 1.54) is 16.7 Å². The molecule has 0 spiro atoms. The number of carbonyl (C=O) groups excluding carboxylic acids is 1. The van der Waals surface area contributed by atoms with Gasteiger partial charge in [-0.1, -0.05) is 31.2 Å². The first-order valence-corrected chi connectivity index (χ1v) is 12.8. The Morgan fingerprint density at radius 1 is 1.18 bits per heavy atom. The second-order valence-corrected chi connectivity index (χ2v) is 12.2. The van der Waals surface area contributed by atoms with Crippen LogP contribution in [0.5, 0.6) is 0 Å². The summed E-state index contributed by atoms with van der Waals surface area (Å²) in [6.45, 7) is 8.10. The molecule has 1 saturated carbocycles. The summed E-state index contributed by atoms with van der Waals surface area (Å²) in [4.78, 5) is 13.2. The normalized spacial score (nSPS) is 53.1. The van der Waals surface area contributed by atoms with E-state index in [0.29, 0.717) is 6.42 Å².